The maximum Gasteiger partial charge on any atom is 0.255 e. The summed E-state index contributed by atoms with van der Waals surface area (Å²) in [7, 11) is 0.785. The number of methoxy groups -OCH3 is 2. The van der Waals surface area contributed by atoms with E-state index in [1.165, 1.54) is 43.5 Å². The number of ether oxygens (including phenoxy) is 3. The third-order valence-corrected chi connectivity index (χ3v) is 7.57. The summed E-state index contributed by atoms with van der Waals surface area (Å²) in [6, 6.07) is 16.3. The molecule has 0 spiro atoms. The molecule has 1 heterocycles. The first-order chi connectivity index (χ1) is 21.9. The number of nitrogens with one attached hydrogen (secondary N) is 2. The fourth-order valence-corrected chi connectivity index (χ4v) is 5.29. The van der Waals surface area contributed by atoms with E-state index >= 15 is 0 Å². The minimum Gasteiger partial charge on any atom is -0.497 e. The molecular weight excluding hydrogens is 611 g/mol. The van der Waals surface area contributed by atoms with Crippen LogP contribution in [-0.2, 0) is 16.6 Å². The van der Waals surface area contributed by atoms with Crippen molar-refractivity contribution in [3.05, 3.63) is 118 Å². The molecule has 2 N–H and O–H groups in total. The van der Waals surface area contributed by atoms with Gasteiger partial charge in [-0.2, -0.15) is 0 Å². The molecule has 1 aromatic heterocycles. The average Bonchev–Trinajstić information content (AvgIpc) is 3.35. The van der Waals surface area contributed by atoms with Crippen molar-refractivity contribution >= 4 is 34.2 Å². The molecular formula is C35H35FN2O7S. The minimum absolute atomic E-state index is 0.112. The molecule has 4 rings (SSSR count). The van der Waals surface area contributed by atoms with Crippen LogP contribution in [0.2, 0.25) is 0 Å². The Morgan fingerprint density at radius 2 is 1.65 bits per heavy atom. The smallest absolute Gasteiger partial charge is 0.255 e. The van der Waals surface area contributed by atoms with Gasteiger partial charge in [-0.25, -0.2) is 12.8 Å². The van der Waals surface area contributed by atoms with Crippen LogP contribution >= 0.6 is 0 Å². The molecule has 0 aliphatic heterocycles. The molecule has 1 amide bonds. The van der Waals surface area contributed by atoms with Crippen molar-refractivity contribution in [3.8, 4) is 28.6 Å². The fourth-order valence-electron chi connectivity index (χ4n) is 4.72. The fraction of sp³-hybridized carbons (Fsp3) is 0.171. The summed E-state index contributed by atoms with van der Waals surface area (Å²) in [4.78, 5) is 12.9. The molecule has 240 valence electrons. The number of furan rings is 1. The number of hydrogen-bond donors (Lipinski definition) is 2. The van der Waals surface area contributed by atoms with E-state index < -0.39 is 21.7 Å². The molecule has 4 aromatic rings. The van der Waals surface area contributed by atoms with Crippen molar-refractivity contribution in [2.45, 2.75) is 13.5 Å². The molecule has 0 saturated heterocycles. The van der Waals surface area contributed by atoms with Gasteiger partial charge in [0.1, 0.15) is 40.8 Å². The van der Waals surface area contributed by atoms with Gasteiger partial charge in [-0.3, -0.25) is 9.52 Å². The highest BCUT2D eigenvalue weighted by Crippen LogP contribution is 2.29. The van der Waals surface area contributed by atoms with Gasteiger partial charge in [-0.05, 0) is 72.1 Å². The second-order valence-corrected chi connectivity index (χ2v) is 12.0. The maximum atomic E-state index is 13.7. The number of sulfonamides is 1. The van der Waals surface area contributed by atoms with E-state index in [-0.39, 0.29) is 34.3 Å². The Balaban J connectivity index is 1.86. The second kappa shape index (κ2) is 14.2. The van der Waals surface area contributed by atoms with Gasteiger partial charge in [0.05, 0.1) is 31.7 Å². The average molecular weight is 647 g/mol. The number of carbonyl (C=O) groups is 1. The molecule has 9 nitrogen and oxygen atoms in total. The second-order valence-electron chi connectivity index (χ2n) is 10.3. The van der Waals surface area contributed by atoms with Gasteiger partial charge in [0, 0.05) is 35.5 Å². The SMILES string of the molecule is C=C/C(=C(\C=c1\oc(-c2ccc(F)cc2)c(C(=O)NC)c1=C)NS(C)(=O)=O)c1cc(OCc2cc(OC)cc(OC)c2)ccc1C. The van der Waals surface area contributed by atoms with Gasteiger partial charge in [-0.1, -0.05) is 25.3 Å². The van der Waals surface area contributed by atoms with Crippen molar-refractivity contribution in [3.63, 3.8) is 0 Å². The van der Waals surface area contributed by atoms with Crippen molar-refractivity contribution in [2.24, 2.45) is 0 Å². The van der Waals surface area contributed by atoms with Crippen LogP contribution in [0.3, 0.4) is 0 Å². The number of amides is 1. The Hall–Kier alpha value is -5.29. The van der Waals surface area contributed by atoms with Crippen LogP contribution in [-0.4, -0.2) is 41.8 Å². The minimum atomic E-state index is -3.81. The number of hydrogen-bond acceptors (Lipinski definition) is 7. The van der Waals surface area contributed by atoms with Crippen molar-refractivity contribution in [1.29, 1.82) is 0 Å². The lowest BCUT2D eigenvalue weighted by Crippen LogP contribution is -2.30. The first-order valence-corrected chi connectivity index (χ1v) is 15.9. The molecule has 0 radical (unpaired) electrons. The summed E-state index contributed by atoms with van der Waals surface area (Å²) < 4.78 is 64.3. The van der Waals surface area contributed by atoms with E-state index in [0.29, 0.717) is 33.9 Å². The number of carbonyl (C=O) groups excluding carboxylic acids is 1. The van der Waals surface area contributed by atoms with Gasteiger partial charge in [0.2, 0.25) is 10.0 Å². The lowest BCUT2D eigenvalue weighted by Gasteiger charge is -2.15. The van der Waals surface area contributed by atoms with E-state index in [0.717, 1.165) is 17.4 Å². The lowest BCUT2D eigenvalue weighted by atomic mass is 9.98. The topological polar surface area (TPSA) is 116 Å². The summed E-state index contributed by atoms with van der Waals surface area (Å²) in [5, 5.41) is 2.77. The summed E-state index contributed by atoms with van der Waals surface area (Å²) >= 11 is 0. The van der Waals surface area contributed by atoms with Crippen LogP contribution in [0.5, 0.6) is 17.2 Å². The van der Waals surface area contributed by atoms with Gasteiger partial charge < -0.3 is 23.9 Å². The summed E-state index contributed by atoms with van der Waals surface area (Å²) in [5.74, 6) is 0.966. The Labute approximate surface area is 267 Å². The van der Waals surface area contributed by atoms with Crippen LogP contribution in [0.4, 0.5) is 4.39 Å². The van der Waals surface area contributed by atoms with E-state index in [2.05, 4.69) is 23.2 Å². The van der Waals surface area contributed by atoms with Crippen LogP contribution < -0.4 is 34.9 Å². The Morgan fingerprint density at radius 1 is 1.00 bits per heavy atom. The van der Waals surface area contributed by atoms with E-state index in [9.17, 15) is 17.6 Å². The quantitative estimate of drug-likeness (QED) is 0.215. The molecule has 0 aliphatic rings. The molecule has 0 aliphatic carbocycles. The zero-order chi connectivity index (χ0) is 33.6. The van der Waals surface area contributed by atoms with Gasteiger partial charge >= 0.3 is 0 Å². The largest absolute Gasteiger partial charge is 0.497 e. The summed E-state index contributed by atoms with van der Waals surface area (Å²) in [5.41, 5.74) is 3.44. The highest BCUT2D eigenvalue weighted by Gasteiger charge is 2.20. The number of halogens is 1. The zero-order valence-corrected chi connectivity index (χ0v) is 27.0. The number of aryl methyl sites for hydroxylation is 1. The van der Waals surface area contributed by atoms with E-state index in [1.54, 1.807) is 32.4 Å². The van der Waals surface area contributed by atoms with Crippen molar-refractivity contribution < 1.29 is 36.2 Å². The third-order valence-electron chi connectivity index (χ3n) is 6.98. The predicted octanol–water partition coefficient (Wildman–Crippen LogP) is 4.69. The van der Waals surface area contributed by atoms with Gasteiger partial charge in [0.15, 0.2) is 0 Å². The summed E-state index contributed by atoms with van der Waals surface area (Å²) in [6.45, 7) is 10.1. The van der Waals surface area contributed by atoms with Crippen LogP contribution in [0.15, 0.2) is 83.4 Å². The van der Waals surface area contributed by atoms with Crippen LogP contribution in [0.25, 0.3) is 29.6 Å². The molecule has 0 saturated carbocycles. The highest BCUT2D eigenvalue weighted by molar-refractivity contribution is 7.88. The Bertz CT molecular complexity index is 2010. The van der Waals surface area contributed by atoms with Crippen molar-refractivity contribution in [2.75, 3.05) is 27.5 Å². The normalized spacial score (nSPS) is 12.3. The van der Waals surface area contributed by atoms with E-state index in [4.69, 9.17) is 18.6 Å². The standard InChI is InChI=1S/C35H35FN2O7S/c1-8-29(30-18-26(14-9-21(30)2)44-20-23-15-27(42-5)17-28(16-23)43-6)31(38-46(7,40)41)19-32-22(3)33(35(39)37-4)34(45-32)24-10-12-25(36)13-11-24/h8-19,38H,1,3,20H2,2,4-7H3,(H,37,39)/b31-29-,32-19+. The molecule has 46 heavy (non-hydrogen) atoms. The molecule has 0 atom stereocenters. The van der Waals surface area contributed by atoms with E-state index in [1.807, 2.05) is 25.1 Å². The van der Waals surface area contributed by atoms with Gasteiger partial charge in [0.25, 0.3) is 5.91 Å². The Morgan fingerprint density at radius 3 is 2.22 bits per heavy atom. The first-order valence-electron chi connectivity index (χ1n) is 14.0. The van der Waals surface area contributed by atoms with Crippen molar-refractivity contribution in [1.82, 2.24) is 10.0 Å². The molecule has 0 fully saturated rings. The van der Waals surface area contributed by atoms with Gasteiger partial charge in [-0.15, -0.1) is 0 Å². The number of allylic oxidation sites excluding steroid dienone is 3. The lowest BCUT2D eigenvalue weighted by molar-refractivity contribution is 0.0962. The zero-order valence-electron chi connectivity index (χ0n) is 26.2. The maximum absolute atomic E-state index is 13.7. The van der Waals surface area contributed by atoms with Crippen LogP contribution in [0, 0.1) is 12.7 Å². The summed E-state index contributed by atoms with van der Waals surface area (Å²) in [6.07, 6.45) is 3.97. The molecule has 0 bridgehead atoms. The monoisotopic (exact) mass is 646 g/mol. The molecule has 11 heteroatoms. The Kier molecular flexibility index (Phi) is 10.4. The molecule has 3 aromatic carbocycles. The van der Waals surface area contributed by atoms with Crippen LogP contribution in [0.1, 0.15) is 27.0 Å². The highest BCUT2D eigenvalue weighted by atomic mass is 32.2. The predicted molar refractivity (Wildman–Crippen MR) is 177 cm³/mol. The first kappa shape index (κ1) is 33.6. The third kappa shape index (κ3) is 7.86. The number of benzene rings is 3. The number of rotatable bonds is 12. The molecule has 0 unspecified atom stereocenters.